The Morgan fingerprint density at radius 1 is 1.22 bits per heavy atom. The van der Waals surface area contributed by atoms with Gasteiger partial charge in [0.25, 0.3) is 0 Å². The number of hydrogen-bond acceptors (Lipinski definition) is 4. The first-order chi connectivity index (χ1) is 15.5. The van der Waals surface area contributed by atoms with Gasteiger partial charge in [0.1, 0.15) is 11.6 Å². The van der Waals surface area contributed by atoms with Gasteiger partial charge in [-0.15, -0.1) is 0 Å². The van der Waals surface area contributed by atoms with E-state index >= 15 is 0 Å². The Labute approximate surface area is 187 Å². The molecule has 0 N–H and O–H groups in total. The van der Waals surface area contributed by atoms with E-state index in [1.54, 1.807) is 25.6 Å². The Morgan fingerprint density at radius 3 is 2.75 bits per heavy atom. The van der Waals surface area contributed by atoms with Crippen LogP contribution in [0.15, 0.2) is 65.7 Å². The lowest BCUT2D eigenvalue weighted by molar-refractivity contribution is -0.0371. The first-order valence-corrected chi connectivity index (χ1v) is 10.9. The van der Waals surface area contributed by atoms with Gasteiger partial charge in [0, 0.05) is 6.20 Å². The molecule has 6 heteroatoms. The molecule has 1 aliphatic heterocycles. The van der Waals surface area contributed by atoms with Crippen LogP contribution in [0.4, 0.5) is 4.39 Å². The van der Waals surface area contributed by atoms with Crippen LogP contribution in [0.25, 0.3) is 11.8 Å². The Hall–Kier alpha value is -3.41. The minimum absolute atomic E-state index is 0.142. The average molecular weight is 432 g/mol. The van der Waals surface area contributed by atoms with Crippen LogP contribution >= 0.6 is 0 Å². The van der Waals surface area contributed by atoms with Crippen molar-refractivity contribution in [3.63, 3.8) is 0 Å². The van der Waals surface area contributed by atoms with Crippen molar-refractivity contribution in [3.8, 4) is 11.4 Å². The molecule has 1 fully saturated rings. The highest BCUT2D eigenvalue weighted by Gasteiger charge is 2.48. The van der Waals surface area contributed by atoms with Crippen LogP contribution in [-0.2, 0) is 10.4 Å². The number of halogens is 1. The average Bonchev–Trinajstić information content (AvgIpc) is 3.39. The lowest BCUT2D eigenvalue weighted by Crippen LogP contribution is -2.35. The van der Waals surface area contributed by atoms with E-state index in [1.165, 1.54) is 17.7 Å². The van der Waals surface area contributed by atoms with Crippen molar-refractivity contribution in [2.75, 3.05) is 7.11 Å². The lowest BCUT2D eigenvalue weighted by atomic mass is 9.72. The van der Waals surface area contributed by atoms with Gasteiger partial charge in [0.05, 0.1) is 36.4 Å². The Bertz CT molecular complexity index is 1210. The number of methoxy groups -OCH3 is 1. The Morgan fingerprint density at radius 2 is 2.03 bits per heavy atom. The molecule has 2 aliphatic rings. The van der Waals surface area contributed by atoms with Crippen LogP contribution in [0.3, 0.4) is 0 Å². The number of hydrogen-bond donors (Lipinski definition) is 0. The molecule has 2 atom stereocenters. The Kier molecular flexibility index (Phi) is 5.08. The molecule has 5 rings (SSSR count). The highest BCUT2D eigenvalue weighted by molar-refractivity contribution is 6.07. The first kappa shape index (κ1) is 20.5. The van der Waals surface area contributed by atoms with Crippen molar-refractivity contribution in [1.82, 2.24) is 9.55 Å². The van der Waals surface area contributed by atoms with Crippen molar-refractivity contribution in [2.24, 2.45) is 11.1 Å². The maximum Gasteiger partial charge on any atom is 0.168 e. The van der Waals surface area contributed by atoms with Gasteiger partial charge in [0.2, 0.25) is 0 Å². The molecule has 0 spiro atoms. The summed E-state index contributed by atoms with van der Waals surface area (Å²) < 4.78 is 21.1. The zero-order valence-corrected chi connectivity index (χ0v) is 18.5. The highest BCUT2D eigenvalue weighted by Crippen LogP contribution is 2.47. The number of aromatic nitrogens is 2. The number of imidazole rings is 1. The largest absolute Gasteiger partial charge is 0.495 e. The topological polar surface area (TPSA) is 48.6 Å². The summed E-state index contributed by atoms with van der Waals surface area (Å²) in [6.07, 6.45) is 8.94. The monoisotopic (exact) mass is 431 g/mol. The second-order valence-electron chi connectivity index (χ2n) is 8.65. The van der Waals surface area contributed by atoms with Gasteiger partial charge in [-0.2, -0.15) is 0 Å². The molecule has 1 saturated carbocycles. The fourth-order valence-corrected chi connectivity index (χ4v) is 4.78. The molecule has 1 aromatic heterocycles. The minimum Gasteiger partial charge on any atom is -0.495 e. The van der Waals surface area contributed by atoms with Crippen molar-refractivity contribution in [3.05, 3.63) is 83.2 Å². The quantitative estimate of drug-likeness (QED) is 0.523. The van der Waals surface area contributed by atoms with E-state index in [0.717, 1.165) is 53.2 Å². The predicted molar refractivity (Wildman–Crippen MR) is 122 cm³/mol. The molecule has 0 unspecified atom stereocenters. The Balaban J connectivity index is 1.45. The molecule has 0 saturated heterocycles. The third-order valence-electron chi connectivity index (χ3n) is 6.55. The number of fused-ring (bicyclic) bond motifs is 1. The number of nitrogens with zero attached hydrogens (tertiary/aromatic N) is 3. The van der Waals surface area contributed by atoms with E-state index in [1.807, 2.05) is 29.8 Å². The number of rotatable bonds is 4. The fraction of sp³-hybridized carbons (Fsp3) is 0.308. The van der Waals surface area contributed by atoms with Crippen LogP contribution in [-0.4, -0.2) is 22.4 Å². The molecule has 0 amide bonds. The molecule has 3 aromatic rings. The first-order valence-electron chi connectivity index (χ1n) is 10.9. The second-order valence-corrected chi connectivity index (χ2v) is 8.65. The second kappa shape index (κ2) is 7.93. The molecule has 2 aromatic carbocycles. The zero-order valence-electron chi connectivity index (χ0n) is 18.5. The number of aryl methyl sites for hydroxylation is 1. The van der Waals surface area contributed by atoms with Crippen LogP contribution in [0.2, 0.25) is 0 Å². The van der Waals surface area contributed by atoms with Crippen LogP contribution in [0.5, 0.6) is 5.75 Å². The number of oxime groups is 1. The summed E-state index contributed by atoms with van der Waals surface area (Å²) >= 11 is 0. The van der Waals surface area contributed by atoms with Crippen molar-refractivity contribution in [1.29, 1.82) is 0 Å². The highest BCUT2D eigenvalue weighted by atomic mass is 19.1. The minimum atomic E-state index is -0.580. The smallest absolute Gasteiger partial charge is 0.168 e. The summed E-state index contributed by atoms with van der Waals surface area (Å²) in [5.41, 5.74) is 5.50. The van der Waals surface area contributed by atoms with Crippen LogP contribution < -0.4 is 4.74 Å². The third-order valence-corrected chi connectivity index (χ3v) is 6.55. The normalized spacial score (nSPS) is 23.6. The molecule has 0 bridgehead atoms. The van der Waals surface area contributed by atoms with E-state index in [2.05, 4.69) is 29.2 Å². The summed E-state index contributed by atoms with van der Waals surface area (Å²) in [7, 11) is 1.68. The third kappa shape index (κ3) is 3.49. The van der Waals surface area contributed by atoms with E-state index in [9.17, 15) is 4.39 Å². The van der Waals surface area contributed by atoms with Gasteiger partial charge in [0.15, 0.2) is 5.60 Å². The summed E-state index contributed by atoms with van der Waals surface area (Å²) in [5.74, 6) is 0.678. The lowest BCUT2D eigenvalue weighted by Gasteiger charge is -2.32. The molecule has 5 nitrogen and oxygen atoms in total. The van der Waals surface area contributed by atoms with Gasteiger partial charge in [-0.1, -0.05) is 23.4 Å². The standard InChI is InChI=1S/C26H26FN3O2/c1-17-15-30(16-28-17)23-12-7-18(14-24(23)31-3)13-19-5-4-6-22-25(19)29-32-26(22,2)20-8-10-21(27)11-9-20/h7-16,22H,4-6H2,1-3H3/t22-,26+/m0/s1. The van der Waals surface area contributed by atoms with Gasteiger partial charge >= 0.3 is 0 Å². The van der Waals surface area contributed by atoms with Crippen molar-refractivity contribution in [2.45, 2.75) is 38.7 Å². The van der Waals surface area contributed by atoms with Crippen molar-refractivity contribution >= 4 is 11.8 Å². The summed E-state index contributed by atoms with van der Waals surface area (Å²) in [6, 6.07) is 12.7. The van der Waals surface area contributed by atoms with Gasteiger partial charge < -0.3 is 14.1 Å². The summed E-state index contributed by atoms with van der Waals surface area (Å²) in [4.78, 5) is 10.3. The molecule has 1 aliphatic carbocycles. The van der Waals surface area contributed by atoms with E-state index in [4.69, 9.17) is 9.57 Å². The molecule has 164 valence electrons. The van der Waals surface area contributed by atoms with Crippen molar-refractivity contribution < 1.29 is 14.0 Å². The van der Waals surface area contributed by atoms with E-state index in [-0.39, 0.29) is 11.7 Å². The maximum absolute atomic E-state index is 13.4. The van der Waals surface area contributed by atoms with E-state index < -0.39 is 5.60 Å². The summed E-state index contributed by atoms with van der Waals surface area (Å²) in [5, 5.41) is 4.51. The number of benzene rings is 2. The molecule has 2 heterocycles. The van der Waals surface area contributed by atoms with E-state index in [0.29, 0.717) is 0 Å². The number of ether oxygens (including phenoxy) is 1. The summed E-state index contributed by atoms with van der Waals surface area (Å²) in [6.45, 7) is 4.01. The number of allylic oxidation sites excluding steroid dienone is 1. The van der Waals surface area contributed by atoms with Gasteiger partial charge in [-0.3, -0.25) is 0 Å². The predicted octanol–water partition coefficient (Wildman–Crippen LogP) is 5.81. The molecular formula is C26H26FN3O2. The fourth-order valence-electron chi connectivity index (χ4n) is 4.78. The molecule has 0 radical (unpaired) electrons. The van der Waals surface area contributed by atoms with Gasteiger partial charge in [-0.25, -0.2) is 9.37 Å². The van der Waals surface area contributed by atoms with Gasteiger partial charge in [-0.05, 0) is 80.2 Å². The zero-order chi connectivity index (χ0) is 22.3. The molecular weight excluding hydrogens is 405 g/mol. The van der Waals surface area contributed by atoms with Crippen LogP contribution in [0.1, 0.15) is 43.0 Å². The van der Waals surface area contributed by atoms with Crippen LogP contribution in [0, 0.1) is 18.7 Å². The maximum atomic E-state index is 13.4. The SMILES string of the molecule is COc1cc(C=C2CCC[C@H]3C2=NO[C@]3(C)c2ccc(F)cc2)ccc1-n1cnc(C)c1. The molecule has 32 heavy (non-hydrogen) atoms.